The average Bonchev–Trinajstić information content (AvgIpc) is 2.55. The number of Topliss-reactive ketones (excluding diaryl/α,β-unsaturated/α-hetero) is 2. The Balaban J connectivity index is 1.92. The number of ether oxygens (including phenoxy) is 1. The minimum Gasteiger partial charge on any atom is -0.446 e. The van der Waals surface area contributed by atoms with Gasteiger partial charge in [-0.2, -0.15) is 0 Å². The third-order valence-electron chi connectivity index (χ3n) is 4.22. The van der Waals surface area contributed by atoms with Crippen LogP contribution >= 0.6 is 0 Å². The second kappa shape index (κ2) is 6.31. The number of carbonyl (C=O) groups excluding carboxylic acids is 3. The van der Waals surface area contributed by atoms with Gasteiger partial charge in [0.25, 0.3) is 0 Å². The maximum absolute atomic E-state index is 12.1. The zero-order valence-electron chi connectivity index (χ0n) is 11.5. The lowest BCUT2D eigenvalue weighted by Gasteiger charge is -2.19. The van der Waals surface area contributed by atoms with Crippen molar-refractivity contribution in [2.75, 3.05) is 0 Å². The molecule has 0 aromatic heterocycles. The van der Waals surface area contributed by atoms with Gasteiger partial charge in [0.15, 0.2) is 11.6 Å². The first-order chi connectivity index (χ1) is 9.09. The molecule has 0 spiro atoms. The normalized spacial score (nSPS) is 29.9. The number of carbonyl (C=O) groups is 3. The van der Waals surface area contributed by atoms with Crippen LogP contribution in [0, 0.1) is 11.8 Å². The third-order valence-corrected chi connectivity index (χ3v) is 4.22. The summed E-state index contributed by atoms with van der Waals surface area (Å²) in [6.45, 7) is 1.71. The first kappa shape index (κ1) is 14.2. The summed E-state index contributed by atoms with van der Waals surface area (Å²) in [5.41, 5.74) is 0. The van der Waals surface area contributed by atoms with Gasteiger partial charge in [0.2, 0.25) is 6.10 Å². The molecule has 2 fully saturated rings. The van der Waals surface area contributed by atoms with Crippen molar-refractivity contribution in [1.29, 1.82) is 0 Å². The SMILES string of the molecule is CC1CC(=O)C(OC(=O)C2CCCCCCC2)C1=O. The van der Waals surface area contributed by atoms with Crippen LogP contribution in [0.25, 0.3) is 0 Å². The largest absolute Gasteiger partial charge is 0.446 e. The Morgan fingerprint density at radius 3 is 2.16 bits per heavy atom. The van der Waals surface area contributed by atoms with Crippen molar-refractivity contribution in [3.8, 4) is 0 Å². The molecule has 2 unspecified atom stereocenters. The zero-order valence-corrected chi connectivity index (χ0v) is 11.5. The molecule has 0 aromatic rings. The molecule has 2 aliphatic rings. The van der Waals surface area contributed by atoms with Crippen molar-refractivity contribution in [2.24, 2.45) is 11.8 Å². The lowest BCUT2D eigenvalue weighted by Crippen LogP contribution is -2.32. The Kier molecular flexibility index (Phi) is 4.72. The van der Waals surface area contributed by atoms with Crippen LogP contribution in [0.15, 0.2) is 0 Å². The van der Waals surface area contributed by atoms with Gasteiger partial charge in [0, 0.05) is 12.3 Å². The van der Waals surface area contributed by atoms with E-state index in [9.17, 15) is 14.4 Å². The number of esters is 1. The molecule has 19 heavy (non-hydrogen) atoms. The summed E-state index contributed by atoms with van der Waals surface area (Å²) in [7, 11) is 0. The molecule has 2 rings (SSSR count). The molecule has 4 nitrogen and oxygen atoms in total. The molecule has 0 amide bonds. The van der Waals surface area contributed by atoms with E-state index in [0.29, 0.717) is 0 Å². The Hall–Kier alpha value is -1.19. The minimum absolute atomic E-state index is 0.128. The molecule has 0 radical (unpaired) electrons. The summed E-state index contributed by atoms with van der Waals surface area (Å²) >= 11 is 0. The van der Waals surface area contributed by atoms with Crippen LogP contribution in [0.5, 0.6) is 0 Å². The van der Waals surface area contributed by atoms with Gasteiger partial charge < -0.3 is 4.74 Å². The molecule has 2 aliphatic carbocycles. The van der Waals surface area contributed by atoms with E-state index in [2.05, 4.69) is 0 Å². The molecular weight excluding hydrogens is 244 g/mol. The molecule has 0 saturated heterocycles. The molecule has 0 aliphatic heterocycles. The molecule has 4 heteroatoms. The summed E-state index contributed by atoms with van der Waals surface area (Å²) in [5.74, 6) is -1.25. The fourth-order valence-electron chi connectivity index (χ4n) is 2.95. The molecule has 0 N–H and O–H groups in total. The average molecular weight is 266 g/mol. The van der Waals surface area contributed by atoms with Crippen molar-refractivity contribution in [2.45, 2.75) is 64.4 Å². The number of rotatable bonds is 2. The quantitative estimate of drug-likeness (QED) is 0.569. The summed E-state index contributed by atoms with van der Waals surface area (Å²) in [5, 5.41) is 0. The van der Waals surface area contributed by atoms with Crippen molar-refractivity contribution in [3.63, 3.8) is 0 Å². The standard InChI is InChI=1S/C15H22O4/c1-10-9-12(16)14(13(10)17)19-15(18)11-7-5-3-2-4-6-8-11/h10-11,14H,2-9H2,1H3. The lowest BCUT2D eigenvalue weighted by atomic mass is 9.91. The first-order valence-corrected chi connectivity index (χ1v) is 7.36. The van der Waals surface area contributed by atoms with Gasteiger partial charge in [-0.25, -0.2) is 0 Å². The van der Waals surface area contributed by atoms with Gasteiger partial charge in [0.05, 0.1) is 5.92 Å². The molecule has 0 heterocycles. The highest BCUT2D eigenvalue weighted by Crippen LogP contribution is 2.26. The van der Waals surface area contributed by atoms with Crippen molar-refractivity contribution >= 4 is 17.5 Å². The van der Waals surface area contributed by atoms with E-state index in [4.69, 9.17) is 4.74 Å². The van der Waals surface area contributed by atoms with Crippen molar-refractivity contribution in [3.05, 3.63) is 0 Å². The van der Waals surface area contributed by atoms with E-state index in [1.54, 1.807) is 6.92 Å². The van der Waals surface area contributed by atoms with E-state index < -0.39 is 6.10 Å². The summed E-state index contributed by atoms with van der Waals surface area (Å²) in [6.07, 6.45) is 6.34. The summed E-state index contributed by atoms with van der Waals surface area (Å²) in [6, 6.07) is 0. The lowest BCUT2D eigenvalue weighted by molar-refractivity contribution is -0.162. The Labute approximate surface area is 113 Å². The van der Waals surface area contributed by atoms with Gasteiger partial charge in [-0.1, -0.05) is 39.0 Å². The fourth-order valence-corrected chi connectivity index (χ4v) is 2.95. The van der Waals surface area contributed by atoms with Crippen LogP contribution < -0.4 is 0 Å². The highest BCUT2D eigenvalue weighted by molar-refractivity contribution is 6.13. The molecule has 0 bridgehead atoms. The summed E-state index contributed by atoms with van der Waals surface area (Å²) in [4.78, 5) is 35.5. The number of hydrogen-bond donors (Lipinski definition) is 0. The maximum Gasteiger partial charge on any atom is 0.310 e. The van der Waals surface area contributed by atoms with Gasteiger partial charge in [-0.3, -0.25) is 14.4 Å². The van der Waals surface area contributed by atoms with Gasteiger partial charge in [-0.05, 0) is 12.8 Å². The van der Waals surface area contributed by atoms with Crippen molar-refractivity contribution < 1.29 is 19.1 Å². The fraction of sp³-hybridized carbons (Fsp3) is 0.800. The van der Waals surface area contributed by atoms with Crippen LogP contribution in [0.3, 0.4) is 0 Å². The van der Waals surface area contributed by atoms with E-state index in [1.165, 1.54) is 6.42 Å². The van der Waals surface area contributed by atoms with Crippen LogP contribution in [0.1, 0.15) is 58.3 Å². The topological polar surface area (TPSA) is 60.4 Å². The predicted molar refractivity (Wildman–Crippen MR) is 69.5 cm³/mol. The monoisotopic (exact) mass is 266 g/mol. The first-order valence-electron chi connectivity index (χ1n) is 7.36. The van der Waals surface area contributed by atoms with Gasteiger partial charge >= 0.3 is 5.97 Å². The third kappa shape index (κ3) is 3.43. The Morgan fingerprint density at radius 1 is 1.05 bits per heavy atom. The van der Waals surface area contributed by atoms with Crippen molar-refractivity contribution in [1.82, 2.24) is 0 Å². The van der Waals surface area contributed by atoms with E-state index >= 15 is 0 Å². The molecular formula is C15H22O4. The van der Waals surface area contributed by atoms with Crippen LogP contribution in [-0.4, -0.2) is 23.6 Å². The van der Waals surface area contributed by atoms with E-state index in [1.807, 2.05) is 0 Å². The number of ketones is 2. The van der Waals surface area contributed by atoms with Crippen LogP contribution in [0.4, 0.5) is 0 Å². The van der Waals surface area contributed by atoms with Crippen LogP contribution in [0.2, 0.25) is 0 Å². The predicted octanol–water partition coefficient (Wildman–Crippen LogP) is 2.44. The second-order valence-corrected chi connectivity index (χ2v) is 5.83. The minimum atomic E-state index is -1.12. The second-order valence-electron chi connectivity index (χ2n) is 5.83. The van der Waals surface area contributed by atoms with Gasteiger partial charge in [0.1, 0.15) is 0 Å². The number of hydrogen-bond acceptors (Lipinski definition) is 4. The molecule has 2 atom stereocenters. The van der Waals surface area contributed by atoms with Gasteiger partial charge in [-0.15, -0.1) is 0 Å². The highest BCUT2D eigenvalue weighted by Gasteiger charge is 2.42. The molecule has 2 saturated carbocycles. The van der Waals surface area contributed by atoms with E-state index in [-0.39, 0.29) is 35.8 Å². The maximum atomic E-state index is 12.1. The Morgan fingerprint density at radius 2 is 1.63 bits per heavy atom. The molecule has 106 valence electrons. The summed E-state index contributed by atoms with van der Waals surface area (Å²) < 4.78 is 5.20. The van der Waals surface area contributed by atoms with Crippen LogP contribution in [-0.2, 0) is 19.1 Å². The smallest absolute Gasteiger partial charge is 0.310 e. The zero-order chi connectivity index (χ0) is 13.8. The molecule has 0 aromatic carbocycles. The van der Waals surface area contributed by atoms with E-state index in [0.717, 1.165) is 38.5 Å². The highest BCUT2D eigenvalue weighted by atomic mass is 16.6. The Bertz CT molecular complexity index is 366.